The second kappa shape index (κ2) is 10.1. The number of ether oxygens (including phenoxy) is 1. The molecule has 2 aromatic carbocycles. The second-order valence-electron chi connectivity index (χ2n) is 13.1. The van der Waals surface area contributed by atoms with E-state index in [1.807, 2.05) is 44.2 Å². The minimum Gasteiger partial charge on any atom is -0.439 e. The van der Waals surface area contributed by atoms with Crippen molar-refractivity contribution < 1.29 is 13.2 Å². The van der Waals surface area contributed by atoms with Crippen molar-refractivity contribution >= 4 is 21.7 Å². The molecule has 9 nitrogen and oxygen atoms in total. The van der Waals surface area contributed by atoms with E-state index in [0.29, 0.717) is 28.3 Å². The predicted molar refractivity (Wildman–Crippen MR) is 164 cm³/mol. The van der Waals surface area contributed by atoms with Gasteiger partial charge in [0.1, 0.15) is 10.6 Å². The number of aryl methyl sites for hydroxylation is 3. The number of anilines is 2. The normalized spacial score (nSPS) is 21.4. The standard InChI is InChI=1S/C32H38N6O3S/c1-21-8-7-9-22(2)29(21)27-14-28(35-30(34-27)36-42(39,40)26-17-33-37(6)18-26)41-25-12-10-23(11-13-25)38-20-32(5)16-24(38)15-31(3,4)19-32/h7-14,17-18,24H,15-16,19-20H2,1-6H3,(H,34,35,36). The summed E-state index contributed by atoms with van der Waals surface area (Å²) in [5.41, 5.74) is 5.38. The van der Waals surface area contributed by atoms with Gasteiger partial charge in [-0.25, -0.2) is 18.1 Å². The Labute approximate surface area is 248 Å². The highest BCUT2D eigenvalue weighted by molar-refractivity contribution is 7.92. The van der Waals surface area contributed by atoms with Crippen molar-refractivity contribution in [2.24, 2.45) is 17.9 Å². The lowest BCUT2D eigenvalue weighted by atomic mass is 9.65. The molecule has 2 atom stereocenters. The molecule has 2 unspecified atom stereocenters. The average molecular weight is 587 g/mol. The number of rotatable bonds is 7. The number of nitrogens with zero attached hydrogens (tertiary/aromatic N) is 5. The molecule has 2 fully saturated rings. The Morgan fingerprint density at radius 1 is 1.00 bits per heavy atom. The molecule has 1 saturated heterocycles. The van der Waals surface area contributed by atoms with Gasteiger partial charge < -0.3 is 9.64 Å². The number of nitrogens with one attached hydrogen (secondary N) is 1. The highest BCUT2D eigenvalue weighted by Gasteiger charge is 2.49. The zero-order valence-corrected chi connectivity index (χ0v) is 25.9. The average Bonchev–Trinajstić information content (AvgIpc) is 3.44. The van der Waals surface area contributed by atoms with Crippen LogP contribution in [0.3, 0.4) is 0 Å². The van der Waals surface area contributed by atoms with Crippen molar-refractivity contribution in [3.05, 3.63) is 72.1 Å². The van der Waals surface area contributed by atoms with Gasteiger partial charge in [-0.3, -0.25) is 4.68 Å². The van der Waals surface area contributed by atoms with Gasteiger partial charge in [-0.15, -0.1) is 0 Å². The van der Waals surface area contributed by atoms with Crippen LogP contribution >= 0.6 is 0 Å². The van der Waals surface area contributed by atoms with Crippen LogP contribution in [0, 0.1) is 24.7 Å². The van der Waals surface area contributed by atoms with Gasteiger partial charge in [-0.05, 0) is 79.3 Å². The fourth-order valence-electron chi connectivity index (χ4n) is 7.17. The molecule has 3 heterocycles. The van der Waals surface area contributed by atoms with E-state index < -0.39 is 10.0 Å². The van der Waals surface area contributed by atoms with Crippen LogP contribution in [-0.2, 0) is 17.1 Å². The smallest absolute Gasteiger partial charge is 0.267 e. The molecule has 4 aromatic rings. The van der Waals surface area contributed by atoms with Crippen LogP contribution in [0.2, 0.25) is 0 Å². The van der Waals surface area contributed by atoms with Crippen LogP contribution in [0.25, 0.3) is 11.3 Å². The molecule has 42 heavy (non-hydrogen) atoms. The van der Waals surface area contributed by atoms with Gasteiger partial charge >= 0.3 is 0 Å². The van der Waals surface area contributed by atoms with Crippen molar-refractivity contribution in [2.45, 2.75) is 64.8 Å². The molecule has 220 valence electrons. The number of hydrogen-bond acceptors (Lipinski definition) is 7. The molecule has 2 aliphatic rings. The summed E-state index contributed by atoms with van der Waals surface area (Å²) >= 11 is 0. The molecule has 2 aromatic heterocycles. The van der Waals surface area contributed by atoms with Crippen LogP contribution in [0.15, 0.2) is 65.8 Å². The molecule has 1 aliphatic carbocycles. The Bertz CT molecular complexity index is 1730. The van der Waals surface area contributed by atoms with Crippen molar-refractivity contribution in [3.8, 4) is 22.9 Å². The highest BCUT2D eigenvalue weighted by Crippen LogP contribution is 2.53. The lowest BCUT2D eigenvalue weighted by molar-refractivity contribution is 0.136. The highest BCUT2D eigenvalue weighted by atomic mass is 32.2. The minimum atomic E-state index is -3.96. The maximum atomic E-state index is 13.1. The van der Waals surface area contributed by atoms with Crippen molar-refractivity contribution in [1.29, 1.82) is 0 Å². The summed E-state index contributed by atoms with van der Waals surface area (Å²) in [6.45, 7) is 12.2. The summed E-state index contributed by atoms with van der Waals surface area (Å²) in [7, 11) is -2.30. The van der Waals surface area contributed by atoms with Gasteiger partial charge in [-0.2, -0.15) is 10.1 Å². The summed E-state index contributed by atoms with van der Waals surface area (Å²) in [5.74, 6) is 0.774. The van der Waals surface area contributed by atoms with E-state index in [2.05, 4.69) is 57.6 Å². The molecule has 10 heteroatoms. The van der Waals surface area contributed by atoms with Gasteiger partial charge in [0, 0.05) is 43.1 Å². The molecule has 2 bridgehead atoms. The van der Waals surface area contributed by atoms with Crippen molar-refractivity contribution in [2.75, 3.05) is 16.2 Å². The van der Waals surface area contributed by atoms with E-state index in [1.165, 1.54) is 42.0 Å². The Hall–Kier alpha value is -3.92. The van der Waals surface area contributed by atoms with Gasteiger partial charge in [0.25, 0.3) is 10.0 Å². The largest absolute Gasteiger partial charge is 0.439 e. The molecule has 0 spiro atoms. The molecule has 1 aliphatic heterocycles. The molecule has 0 amide bonds. The second-order valence-corrected chi connectivity index (χ2v) is 14.8. The molecule has 1 saturated carbocycles. The first-order valence-electron chi connectivity index (χ1n) is 14.3. The first-order valence-corrected chi connectivity index (χ1v) is 15.8. The van der Waals surface area contributed by atoms with E-state index >= 15 is 0 Å². The van der Waals surface area contributed by atoms with Gasteiger partial charge in [-0.1, -0.05) is 39.0 Å². The third-order valence-electron chi connectivity index (χ3n) is 8.46. The summed E-state index contributed by atoms with van der Waals surface area (Å²) in [4.78, 5) is 11.6. The zero-order chi connectivity index (χ0) is 29.9. The maximum Gasteiger partial charge on any atom is 0.267 e. The number of hydrogen-bond donors (Lipinski definition) is 1. The fraction of sp³-hybridized carbons (Fsp3) is 0.406. The monoisotopic (exact) mass is 586 g/mol. The minimum absolute atomic E-state index is 0.0211. The fourth-order valence-corrected chi connectivity index (χ4v) is 8.10. The van der Waals surface area contributed by atoms with Crippen LogP contribution in [0.5, 0.6) is 11.6 Å². The Kier molecular flexibility index (Phi) is 6.79. The van der Waals surface area contributed by atoms with Crippen LogP contribution < -0.4 is 14.4 Å². The first-order chi connectivity index (χ1) is 19.8. The lowest BCUT2D eigenvalue weighted by Gasteiger charge is -2.39. The van der Waals surface area contributed by atoms with Gasteiger partial charge in [0.2, 0.25) is 11.8 Å². The number of sulfonamides is 1. The summed E-state index contributed by atoms with van der Waals surface area (Å²) in [5, 5.41) is 3.98. The SMILES string of the molecule is Cc1cccc(C)c1-c1cc(Oc2ccc(N3CC4(C)CC3CC(C)(C)C4)cc2)nc(NS(=O)(=O)c2cnn(C)c2)n1. The van der Waals surface area contributed by atoms with Crippen LogP contribution in [-0.4, -0.2) is 40.8 Å². The number of fused-ring (bicyclic) bond motifs is 2. The van der Waals surface area contributed by atoms with E-state index in [0.717, 1.165) is 23.2 Å². The lowest BCUT2D eigenvalue weighted by Crippen LogP contribution is -2.34. The van der Waals surface area contributed by atoms with Gasteiger partial charge in [0.05, 0.1) is 11.9 Å². The van der Waals surface area contributed by atoms with Gasteiger partial charge in [0.15, 0.2) is 0 Å². The Morgan fingerprint density at radius 3 is 2.38 bits per heavy atom. The van der Waals surface area contributed by atoms with Crippen LogP contribution in [0.4, 0.5) is 11.6 Å². The Balaban J connectivity index is 1.30. The van der Waals surface area contributed by atoms with E-state index in [4.69, 9.17) is 4.74 Å². The van der Waals surface area contributed by atoms with E-state index in [1.54, 1.807) is 13.1 Å². The summed E-state index contributed by atoms with van der Waals surface area (Å²) in [6, 6.07) is 16.4. The molecule has 1 N–H and O–H groups in total. The topological polar surface area (TPSA) is 102 Å². The van der Waals surface area contributed by atoms with Crippen molar-refractivity contribution in [3.63, 3.8) is 0 Å². The summed E-state index contributed by atoms with van der Waals surface area (Å²) in [6.07, 6.45) is 6.38. The molecule has 6 rings (SSSR count). The Morgan fingerprint density at radius 2 is 1.71 bits per heavy atom. The van der Waals surface area contributed by atoms with Crippen molar-refractivity contribution in [1.82, 2.24) is 19.7 Å². The number of benzene rings is 2. The quantitative estimate of drug-likeness (QED) is 0.264. The third-order valence-corrected chi connectivity index (χ3v) is 9.75. The number of aromatic nitrogens is 4. The van der Waals surface area contributed by atoms with Crippen LogP contribution in [0.1, 0.15) is 51.2 Å². The predicted octanol–water partition coefficient (Wildman–Crippen LogP) is 6.49. The molecule has 0 radical (unpaired) electrons. The summed E-state index contributed by atoms with van der Waals surface area (Å²) < 4.78 is 36.3. The first kappa shape index (κ1) is 28.2. The van der Waals surface area contributed by atoms with E-state index in [-0.39, 0.29) is 16.7 Å². The van der Waals surface area contributed by atoms with E-state index in [9.17, 15) is 8.42 Å². The molecular formula is C32H38N6O3S. The zero-order valence-electron chi connectivity index (χ0n) is 25.0. The maximum absolute atomic E-state index is 13.1. The third kappa shape index (κ3) is 5.60. The molecular weight excluding hydrogens is 548 g/mol.